The molecule has 124 valence electrons. The number of anilines is 1. The van der Waals surface area contributed by atoms with Gasteiger partial charge >= 0.3 is 5.97 Å². The van der Waals surface area contributed by atoms with Crippen molar-refractivity contribution < 1.29 is 14.7 Å². The highest BCUT2D eigenvalue weighted by Gasteiger charge is 2.21. The van der Waals surface area contributed by atoms with Crippen molar-refractivity contribution in [2.45, 2.75) is 20.4 Å². The van der Waals surface area contributed by atoms with Crippen molar-refractivity contribution in [3.05, 3.63) is 53.0 Å². The van der Waals surface area contributed by atoms with Crippen LogP contribution in [0.3, 0.4) is 0 Å². The zero-order valence-corrected chi connectivity index (χ0v) is 14.3. The SMILES string of the molecule is CCN(C(=O)Cn1c(C(=O)O)cc2ccsc21)c1ccc(C)cc1. The number of rotatable bonds is 5. The summed E-state index contributed by atoms with van der Waals surface area (Å²) in [6.07, 6.45) is 0. The molecule has 1 N–H and O–H groups in total. The Kier molecular flexibility index (Phi) is 4.40. The van der Waals surface area contributed by atoms with Gasteiger partial charge in [-0.05, 0) is 43.5 Å². The fraction of sp³-hybridized carbons (Fsp3) is 0.222. The number of hydrogen-bond donors (Lipinski definition) is 1. The van der Waals surface area contributed by atoms with Gasteiger partial charge < -0.3 is 14.6 Å². The molecule has 24 heavy (non-hydrogen) atoms. The molecule has 0 aliphatic rings. The van der Waals surface area contributed by atoms with E-state index < -0.39 is 5.97 Å². The summed E-state index contributed by atoms with van der Waals surface area (Å²) in [6, 6.07) is 11.2. The molecule has 0 fully saturated rings. The largest absolute Gasteiger partial charge is 0.477 e. The molecule has 0 saturated carbocycles. The molecule has 1 aromatic carbocycles. The van der Waals surface area contributed by atoms with Gasteiger partial charge in [0.15, 0.2) is 0 Å². The van der Waals surface area contributed by atoms with E-state index in [-0.39, 0.29) is 18.1 Å². The Morgan fingerprint density at radius 2 is 1.92 bits per heavy atom. The summed E-state index contributed by atoms with van der Waals surface area (Å²) in [7, 11) is 0. The molecule has 2 aromatic heterocycles. The number of carbonyl (C=O) groups is 2. The molecule has 0 spiro atoms. The predicted octanol–water partition coefficient (Wildman–Crippen LogP) is 3.76. The molecular weight excluding hydrogens is 324 g/mol. The van der Waals surface area contributed by atoms with Crippen molar-refractivity contribution in [2.24, 2.45) is 0 Å². The molecule has 0 aliphatic carbocycles. The maximum absolute atomic E-state index is 12.8. The van der Waals surface area contributed by atoms with Crippen LogP contribution in [0.5, 0.6) is 0 Å². The molecular formula is C18H18N2O3S. The van der Waals surface area contributed by atoms with Gasteiger partial charge in [-0.15, -0.1) is 11.3 Å². The molecule has 0 radical (unpaired) electrons. The first-order valence-corrected chi connectivity index (χ1v) is 8.56. The van der Waals surface area contributed by atoms with Crippen LogP contribution in [-0.4, -0.2) is 28.1 Å². The van der Waals surface area contributed by atoms with Crippen LogP contribution >= 0.6 is 11.3 Å². The zero-order chi connectivity index (χ0) is 17.3. The van der Waals surface area contributed by atoms with Crippen molar-refractivity contribution >= 4 is 39.1 Å². The number of thiophene rings is 1. The number of benzene rings is 1. The molecule has 3 rings (SSSR count). The third kappa shape index (κ3) is 2.92. The van der Waals surface area contributed by atoms with E-state index in [0.29, 0.717) is 6.54 Å². The molecule has 0 unspecified atom stereocenters. The fourth-order valence-electron chi connectivity index (χ4n) is 2.76. The number of nitrogens with zero attached hydrogens (tertiary/aromatic N) is 2. The Bertz CT molecular complexity index is 893. The van der Waals surface area contributed by atoms with Crippen LogP contribution in [0.1, 0.15) is 23.0 Å². The Labute approximate surface area is 143 Å². The number of aromatic nitrogens is 1. The number of carboxylic acid groups (broad SMARTS) is 1. The minimum atomic E-state index is -1.02. The van der Waals surface area contributed by atoms with Gasteiger partial charge in [0.2, 0.25) is 5.91 Å². The van der Waals surface area contributed by atoms with Crippen LogP contribution in [0, 0.1) is 6.92 Å². The maximum Gasteiger partial charge on any atom is 0.352 e. The van der Waals surface area contributed by atoms with E-state index in [1.54, 1.807) is 15.5 Å². The van der Waals surface area contributed by atoms with Gasteiger partial charge in [0, 0.05) is 17.6 Å². The summed E-state index contributed by atoms with van der Waals surface area (Å²) in [4.78, 5) is 26.7. The number of hydrogen-bond acceptors (Lipinski definition) is 3. The number of carbonyl (C=O) groups excluding carboxylic acids is 1. The third-order valence-electron chi connectivity index (χ3n) is 3.98. The molecule has 6 heteroatoms. The molecule has 1 amide bonds. The maximum atomic E-state index is 12.8. The number of fused-ring (bicyclic) bond motifs is 1. The normalized spacial score (nSPS) is 10.9. The quantitative estimate of drug-likeness (QED) is 0.768. The second-order valence-electron chi connectivity index (χ2n) is 5.58. The summed E-state index contributed by atoms with van der Waals surface area (Å²) in [6.45, 7) is 4.44. The molecule has 0 atom stereocenters. The third-order valence-corrected chi connectivity index (χ3v) is 4.93. The van der Waals surface area contributed by atoms with E-state index in [1.165, 1.54) is 11.3 Å². The van der Waals surface area contributed by atoms with E-state index >= 15 is 0 Å². The van der Waals surface area contributed by atoms with Crippen molar-refractivity contribution in [3.8, 4) is 0 Å². The Balaban J connectivity index is 1.93. The summed E-state index contributed by atoms with van der Waals surface area (Å²) < 4.78 is 1.58. The lowest BCUT2D eigenvalue weighted by atomic mass is 10.2. The van der Waals surface area contributed by atoms with Gasteiger partial charge in [-0.1, -0.05) is 17.7 Å². The molecule has 0 aliphatic heterocycles. The molecule has 0 saturated heterocycles. The first kappa shape index (κ1) is 16.3. The van der Waals surface area contributed by atoms with Crippen LogP contribution in [0.15, 0.2) is 41.8 Å². The lowest BCUT2D eigenvalue weighted by Gasteiger charge is -2.22. The lowest BCUT2D eigenvalue weighted by Crippen LogP contribution is -2.34. The predicted molar refractivity (Wildman–Crippen MR) is 96.0 cm³/mol. The van der Waals surface area contributed by atoms with Gasteiger partial charge in [0.1, 0.15) is 17.1 Å². The van der Waals surface area contributed by atoms with E-state index in [0.717, 1.165) is 21.5 Å². The monoisotopic (exact) mass is 342 g/mol. The van der Waals surface area contributed by atoms with Crippen LogP contribution < -0.4 is 4.90 Å². The summed E-state index contributed by atoms with van der Waals surface area (Å²) in [5, 5.41) is 12.1. The minimum Gasteiger partial charge on any atom is -0.477 e. The summed E-state index contributed by atoms with van der Waals surface area (Å²) >= 11 is 1.44. The number of carboxylic acids is 1. The molecule has 5 nitrogen and oxygen atoms in total. The summed E-state index contributed by atoms with van der Waals surface area (Å²) in [5.74, 6) is -1.15. The number of likely N-dealkylation sites (N-methyl/N-ethyl adjacent to an activating group) is 1. The highest BCUT2D eigenvalue weighted by atomic mass is 32.1. The zero-order valence-electron chi connectivity index (χ0n) is 13.5. The second kappa shape index (κ2) is 6.49. The average molecular weight is 342 g/mol. The number of amides is 1. The van der Waals surface area contributed by atoms with Gasteiger partial charge in [-0.25, -0.2) is 4.79 Å². The highest BCUT2D eigenvalue weighted by molar-refractivity contribution is 7.16. The van der Waals surface area contributed by atoms with Gasteiger partial charge in [0.25, 0.3) is 0 Å². The van der Waals surface area contributed by atoms with Gasteiger partial charge in [-0.3, -0.25) is 4.79 Å². The Morgan fingerprint density at radius 1 is 1.21 bits per heavy atom. The Morgan fingerprint density at radius 3 is 2.54 bits per heavy atom. The fourth-order valence-corrected chi connectivity index (χ4v) is 3.65. The standard InChI is InChI=1S/C18H18N2O3S/c1-3-19(14-6-4-12(2)5-7-14)16(21)11-20-15(18(22)23)10-13-8-9-24-17(13)20/h4-10H,3,11H2,1-2H3,(H,22,23). The van der Waals surface area contributed by atoms with E-state index in [4.69, 9.17) is 0 Å². The smallest absolute Gasteiger partial charge is 0.352 e. The van der Waals surface area contributed by atoms with Gasteiger partial charge in [-0.2, -0.15) is 0 Å². The van der Waals surface area contributed by atoms with Crippen LogP contribution in [0.25, 0.3) is 10.2 Å². The topological polar surface area (TPSA) is 62.5 Å². The van der Waals surface area contributed by atoms with E-state index in [2.05, 4.69) is 0 Å². The first-order valence-electron chi connectivity index (χ1n) is 7.68. The van der Waals surface area contributed by atoms with Crippen molar-refractivity contribution in [1.82, 2.24) is 4.57 Å². The highest BCUT2D eigenvalue weighted by Crippen LogP contribution is 2.26. The molecule has 0 bridgehead atoms. The van der Waals surface area contributed by atoms with E-state index in [1.807, 2.05) is 49.6 Å². The first-order chi connectivity index (χ1) is 11.5. The second-order valence-corrected chi connectivity index (χ2v) is 6.47. The van der Waals surface area contributed by atoms with Crippen LogP contribution in [0.4, 0.5) is 5.69 Å². The Hall–Kier alpha value is -2.60. The van der Waals surface area contributed by atoms with Crippen LogP contribution in [0.2, 0.25) is 0 Å². The number of aryl methyl sites for hydroxylation is 1. The molecule has 3 aromatic rings. The molecule has 2 heterocycles. The summed E-state index contributed by atoms with van der Waals surface area (Å²) in [5.41, 5.74) is 2.09. The number of aromatic carboxylic acids is 1. The van der Waals surface area contributed by atoms with Gasteiger partial charge in [0.05, 0.1) is 0 Å². The minimum absolute atomic E-state index is 0.00730. The lowest BCUT2D eigenvalue weighted by molar-refractivity contribution is -0.119. The van der Waals surface area contributed by atoms with Crippen LogP contribution in [-0.2, 0) is 11.3 Å². The van der Waals surface area contributed by atoms with Crippen molar-refractivity contribution in [1.29, 1.82) is 0 Å². The van der Waals surface area contributed by atoms with E-state index in [9.17, 15) is 14.7 Å². The van der Waals surface area contributed by atoms with Crippen molar-refractivity contribution in [2.75, 3.05) is 11.4 Å². The van der Waals surface area contributed by atoms with Crippen molar-refractivity contribution in [3.63, 3.8) is 0 Å². The average Bonchev–Trinajstić information content (AvgIpc) is 3.12.